The molecular weight excluding hydrogens is 454 g/mol. The van der Waals surface area contributed by atoms with Gasteiger partial charge < -0.3 is 15.1 Å². The van der Waals surface area contributed by atoms with Crippen LogP contribution >= 0.6 is 11.3 Å². The summed E-state index contributed by atoms with van der Waals surface area (Å²) in [6, 6.07) is 18.4. The lowest BCUT2D eigenvalue weighted by atomic mass is 10.1. The number of nitrogens with one attached hydrogen (secondary N) is 1. The third-order valence-electron chi connectivity index (χ3n) is 6.67. The van der Waals surface area contributed by atoms with Gasteiger partial charge in [-0.05, 0) is 56.0 Å². The predicted octanol–water partition coefficient (Wildman–Crippen LogP) is 5.76. The molecule has 2 aromatic heterocycles. The summed E-state index contributed by atoms with van der Waals surface area (Å²) in [6.45, 7) is 9.16. The fourth-order valence-corrected chi connectivity index (χ4v) is 5.60. The number of hydrogen-bond acceptors (Lipinski definition) is 5. The summed E-state index contributed by atoms with van der Waals surface area (Å²) >= 11 is 1.75. The van der Waals surface area contributed by atoms with E-state index in [1.54, 1.807) is 11.3 Å². The second-order valence-electron chi connectivity index (χ2n) is 9.19. The highest BCUT2D eigenvalue weighted by molar-refractivity contribution is 7.18. The minimum atomic E-state index is -0.0470. The second kappa shape index (κ2) is 10.0. The summed E-state index contributed by atoms with van der Waals surface area (Å²) in [5.74, 6) is 1.90. The molecule has 1 fully saturated rings. The Hall–Kier alpha value is -3.45. The summed E-state index contributed by atoms with van der Waals surface area (Å²) in [6.07, 6.45) is 1.73. The van der Waals surface area contributed by atoms with Crippen LogP contribution in [0.3, 0.4) is 0 Å². The Morgan fingerprint density at radius 2 is 1.71 bits per heavy atom. The largest absolute Gasteiger partial charge is 0.352 e. The van der Waals surface area contributed by atoms with Gasteiger partial charge in [0.15, 0.2) is 0 Å². The maximum atomic E-state index is 12.8. The average Bonchev–Trinajstić information content (AvgIpc) is 3.16. The van der Waals surface area contributed by atoms with Gasteiger partial charge in [-0.1, -0.05) is 42.5 Å². The minimum absolute atomic E-state index is 0.0470. The Balaban J connectivity index is 1.33. The number of urea groups is 1. The van der Waals surface area contributed by atoms with Gasteiger partial charge in [-0.2, -0.15) is 0 Å². The standard InChI is InChI=1S/C28H31N5OS/c1-19-8-7-11-23(18-19)29-28(34)33-16-14-32(15-17-33)26-25-20(2)21(3)35-27(25)31-24(30-26)13-12-22-9-5-4-6-10-22/h4-11,18H,12-17H2,1-3H3,(H,29,34). The fourth-order valence-electron chi connectivity index (χ4n) is 4.56. The summed E-state index contributed by atoms with van der Waals surface area (Å²) in [7, 11) is 0. The smallest absolute Gasteiger partial charge is 0.321 e. The number of rotatable bonds is 5. The van der Waals surface area contributed by atoms with Crippen LogP contribution in [0, 0.1) is 20.8 Å². The number of fused-ring (bicyclic) bond motifs is 1. The number of aryl methyl sites for hydroxylation is 5. The molecule has 0 spiro atoms. The van der Waals surface area contributed by atoms with E-state index in [4.69, 9.17) is 9.97 Å². The van der Waals surface area contributed by atoms with Crippen molar-refractivity contribution in [2.75, 3.05) is 36.4 Å². The molecule has 35 heavy (non-hydrogen) atoms. The van der Waals surface area contributed by atoms with Crippen molar-refractivity contribution in [3.63, 3.8) is 0 Å². The van der Waals surface area contributed by atoms with Crippen LogP contribution < -0.4 is 10.2 Å². The first kappa shape index (κ1) is 23.3. The van der Waals surface area contributed by atoms with E-state index in [-0.39, 0.29) is 6.03 Å². The number of anilines is 2. The van der Waals surface area contributed by atoms with E-state index in [2.05, 4.69) is 48.3 Å². The van der Waals surface area contributed by atoms with E-state index < -0.39 is 0 Å². The highest BCUT2D eigenvalue weighted by Gasteiger charge is 2.25. The van der Waals surface area contributed by atoms with Crippen molar-refractivity contribution in [2.24, 2.45) is 0 Å². The molecule has 7 heteroatoms. The van der Waals surface area contributed by atoms with Crippen LogP contribution in [0.1, 0.15) is 27.4 Å². The molecule has 6 nitrogen and oxygen atoms in total. The van der Waals surface area contributed by atoms with Crippen LogP contribution in [-0.2, 0) is 12.8 Å². The summed E-state index contributed by atoms with van der Waals surface area (Å²) < 4.78 is 0. The Labute approximate surface area is 210 Å². The average molecular weight is 486 g/mol. The minimum Gasteiger partial charge on any atom is -0.352 e. The van der Waals surface area contributed by atoms with Gasteiger partial charge in [0, 0.05) is 43.2 Å². The lowest BCUT2D eigenvalue weighted by Crippen LogP contribution is -2.50. The highest BCUT2D eigenvalue weighted by Crippen LogP contribution is 2.35. The lowest BCUT2D eigenvalue weighted by molar-refractivity contribution is 0.208. The van der Waals surface area contributed by atoms with Gasteiger partial charge in [0.1, 0.15) is 16.5 Å². The Morgan fingerprint density at radius 1 is 0.943 bits per heavy atom. The Kier molecular flexibility index (Phi) is 6.68. The molecule has 5 rings (SSSR count). The number of aromatic nitrogens is 2. The maximum absolute atomic E-state index is 12.8. The van der Waals surface area contributed by atoms with Crippen molar-refractivity contribution >= 4 is 39.1 Å². The number of nitrogens with zero attached hydrogens (tertiary/aromatic N) is 4. The molecule has 3 heterocycles. The van der Waals surface area contributed by atoms with Gasteiger partial charge in [0.25, 0.3) is 0 Å². The van der Waals surface area contributed by atoms with Gasteiger partial charge in [-0.3, -0.25) is 0 Å². The fraction of sp³-hybridized carbons (Fsp3) is 0.321. The number of thiophene rings is 1. The van der Waals surface area contributed by atoms with Crippen molar-refractivity contribution < 1.29 is 4.79 Å². The van der Waals surface area contributed by atoms with Crippen LogP contribution in [0.4, 0.5) is 16.3 Å². The first-order valence-corrected chi connectivity index (χ1v) is 13.0. The van der Waals surface area contributed by atoms with Gasteiger partial charge in [-0.15, -0.1) is 11.3 Å². The molecule has 0 saturated carbocycles. The zero-order valence-electron chi connectivity index (χ0n) is 20.5. The van der Waals surface area contributed by atoms with E-state index in [0.717, 1.165) is 59.0 Å². The third-order valence-corrected chi connectivity index (χ3v) is 7.77. The predicted molar refractivity (Wildman–Crippen MR) is 145 cm³/mol. The molecule has 1 aliphatic heterocycles. The van der Waals surface area contributed by atoms with Gasteiger partial charge in [0.05, 0.1) is 5.39 Å². The number of hydrogen-bond donors (Lipinski definition) is 1. The quantitative estimate of drug-likeness (QED) is 0.391. The van der Waals surface area contributed by atoms with E-state index in [1.807, 2.05) is 42.2 Å². The molecule has 0 bridgehead atoms. The van der Waals surface area contributed by atoms with Crippen LogP contribution in [0.5, 0.6) is 0 Å². The van der Waals surface area contributed by atoms with Crippen molar-refractivity contribution in [3.8, 4) is 0 Å². The van der Waals surface area contributed by atoms with Crippen molar-refractivity contribution in [1.29, 1.82) is 0 Å². The monoisotopic (exact) mass is 485 g/mol. The van der Waals surface area contributed by atoms with Crippen LogP contribution in [0.2, 0.25) is 0 Å². The maximum Gasteiger partial charge on any atom is 0.321 e. The number of benzene rings is 2. The van der Waals surface area contributed by atoms with E-state index in [0.29, 0.717) is 13.1 Å². The first-order chi connectivity index (χ1) is 17.0. The van der Waals surface area contributed by atoms with Crippen molar-refractivity contribution in [3.05, 3.63) is 82.0 Å². The molecule has 1 N–H and O–H groups in total. The third kappa shape index (κ3) is 5.15. The molecule has 0 aliphatic carbocycles. The van der Waals surface area contributed by atoms with Crippen molar-refractivity contribution in [1.82, 2.24) is 14.9 Å². The van der Waals surface area contributed by atoms with Crippen LogP contribution in [0.25, 0.3) is 10.2 Å². The molecule has 1 aliphatic rings. The molecule has 0 radical (unpaired) electrons. The Bertz CT molecular complexity index is 1340. The zero-order chi connectivity index (χ0) is 24.4. The van der Waals surface area contributed by atoms with Gasteiger partial charge in [-0.25, -0.2) is 14.8 Å². The second-order valence-corrected chi connectivity index (χ2v) is 10.4. The summed E-state index contributed by atoms with van der Waals surface area (Å²) in [5, 5.41) is 4.20. The van der Waals surface area contributed by atoms with Gasteiger partial charge in [0.2, 0.25) is 0 Å². The number of piperazine rings is 1. The molecule has 4 aromatic rings. The molecule has 0 atom stereocenters. The summed E-state index contributed by atoms with van der Waals surface area (Å²) in [4.78, 5) is 29.4. The number of amides is 2. The first-order valence-electron chi connectivity index (χ1n) is 12.2. The number of carbonyl (C=O) groups is 1. The molecule has 0 unspecified atom stereocenters. The zero-order valence-corrected chi connectivity index (χ0v) is 21.4. The molecule has 180 valence electrons. The highest BCUT2D eigenvalue weighted by atomic mass is 32.1. The van der Waals surface area contributed by atoms with E-state index in [9.17, 15) is 4.79 Å². The molecule has 1 saturated heterocycles. The molecular formula is C28H31N5OS. The normalized spacial score (nSPS) is 13.9. The van der Waals surface area contributed by atoms with E-state index >= 15 is 0 Å². The SMILES string of the molecule is Cc1cccc(NC(=O)N2CCN(c3nc(CCc4ccccc4)nc4sc(C)c(C)c34)CC2)c1. The summed E-state index contributed by atoms with van der Waals surface area (Å²) in [5.41, 5.74) is 4.52. The lowest BCUT2D eigenvalue weighted by Gasteiger charge is -2.35. The topological polar surface area (TPSA) is 61.4 Å². The van der Waals surface area contributed by atoms with Crippen LogP contribution in [0.15, 0.2) is 54.6 Å². The van der Waals surface area contributed by atoms with Gasteiger partial charge >= 0.3 is 6.03 Å². The number of carbonyl (C=O) groups excluding carboxylic acids is 1. The Morgan fingerprint density at radius 3 is 2.46 bits per heavy atom. The van der Waals surface area contributed by atoms with Crippen molar-refractivity contribution in [2.45, 2.75) is 33.6 Å². The van der Waals surface area contributed by atoms with Crippen LogP contribution in [-0.4, -0.2) is 47.1 Å². The molecule has 2 aromatic carbocycles. The van der Waals surface area contributed by atoms with E-state index in [1.165, 1.54) is 16.0 Å². The molecule has 2 amide bonds.